The average Bonchev–Trinajstić information content (AvgIpc) is 2.58. The van der Waals surface area contributed by atoms with Crippen molar-refractivity contribution in [2.24, 2.45) is 0 Å². The molecule has 6 heteroatoms. The molecular weight excluding hydrogens is 333 g/mol. The van der Waals surface area contributed by atoms with Crippen LogP contribution in [0.1, 0.15) is 11.1 Å². The monoisotopic (exact) mass is 355 g/mol. The molecule has 2 aromatic carbocycles. The van der Waals surface area contributed by atoms with E-state index in [1.807, 2.05) is 24.3 Å². The summed E-state index contributed by atoms with van der Waals surface area (Å²) in [7, 11) is 0. The Morgan fingerprint density at radius 3 is 2.50 bits per heavy atom. The zero-order chi connectivity index (χ0) is 16.3. The van der Waals surface area contributed by atoms with E-state index >= 15 is 0 Å². The lowest BCUT2D eigenvalue weighted by Gasteiger charge is -2.12. The van der Waals surface area contributed by atoms with Crippen LogP contribution in [-0.2, 0) is 17.9 Å². The molecule has 2 aromatic rings. The van der Waals surface area contributed by atoms with Gasteiger partial charge in [-0.05, 0) is 23.8 Å². The molecule has 0 saturated heterocycles. The van der Waals surface area contributed by atoms with Crippen LogP contribution in [0.4, 0.5) is 4.39 Å². The molecule has 0 fully saturated rings. The second-order valence-corrected chi connectivity index (χ2v) is 5.04. The Morgan fingerprint density at radius 2 is 1.75 bits per heavy atom. The fraction of sp³-hybridized carbons (Fsp3) is 0.333. The number of nitrogens with one attached hydrogen (secondary N) is 1. The Kier molecular flexibility index (Phi) is 10.0. The lowest BCUT2D eigenvalue weighted by atomic mass is 10.2. The highest BCUT2D eigenvalue weighted by molar-refractivity contribution is 5.85. The van der Waals surface area contributed by atoms with Crippen molar-refractivity contribution in [3.8, 4) is 5.75 Å². The van der Waals surface area contributed by atoms with E-state index in [1.54, 1.807) is 12.1 Å². The first kappa shape index (κ1) is 20.4. The number of hydrogen-bond acceptors (Lipinski definition) is 4. The third-order valence-electron chi connectivity index (χ3n) is 3.25. The second-order valence-electron chi connectivity index (χ2n) is 5.04. The van der Waals surface area contributed by atoms with E-state index < -0.39 is 0 Å². The number of aliphatic hydroxyl groups is 1. The fourth-order valence-corrected chi connectivity index (χ4v) is 2.07. The lowest BCUT2D eigenvalue weighted by Crippen LogP contribution is -2.20. The molecule has 24 heavy (non-hydrogen) atoms. The number of aliphatic hydroxyl groups excluding tert-OH is 1. The van der Waals surface area contributed by atoms with Crippen LogP contribution in [0.3, 0.4) is 0 Å². The molecule has 0 spiro atoms. The third-order valence-corrected chi connectivity index (χ3v) is 3.25. The summed E-state index contributed by atoms with van der Waals surface area (Å²) in [5, 5.41) is 11.9. The molecule has 0 unspecified atom stereocenters. The van der Waals surface area contributed by atoms with E-state index in [4.69, 9.17) is 14.6 Å². The number of halogens is 2. The van der Waals surface area contributed by atoms with E-state index in [0.29, 0.717) is 32.9 Å². The van der Waals surface area contributed by atoms with Crippen LogP contribution in [0.25, 0.3) is 0 Å². The van der Waals surface area contributed by atoms with Crippen molar-refractivity contribution < 1.29 is 19.0 Å². The van der Waals surface area contributed by atoms with Crippen molar-refractivity contribution in [2.45, 2.75) is 13.2 Å². The minimum atomic E-state index is -0.248. The molecule has 0 aliphatic carbocycles. The van der Waals surface area contributed by atoms with Crippen molar-refractivity contribution in [2.75, 3.05) is 26.4 Å². The molecule has 132 valence electrons. The maximum absolute atomic E-state index is 12.9. The predicted octanol–water partition coefficient (Wildman–Crippen LogP) is 2.93. The molecule has 2 rings (SSSR count). The summed E-state index contributed by atoms with van der Waals surface area (Å²) in [5.41, 5.74) is 1.98. The van der Waals surface area contributed by atoms with Crippen molar-refractivity contribution in [1.29, 1.82) is 0 Å². The van der Waals surface area contributed by atoms with Crippen molar-refractivity contribution in [3.05, 3.63) is 65.5 Å². The average molecular weight is 356 g/mol. The van der Waals surface area contributed by atoms with Gasteiger partial charge in [-0.3, -0.25) is 0 Å². The number of para-hydroxylation sites is 1. The van der Waals surface area contributed by atoms with E-state index in [2.05, 4.69) is 5.32 Å². The third kappa shape index (κ3) is 7.27. The topological polar surface area (TPSA) is 50.7 Å². The molecule has 0 saturated carbocycles. The van der Waals surface area contributed by atoms with Gasteiger partial charge in [0.1, 0.15) is 18.2 Å². The van der Waals surface area contributed by atoms with Crippen LogP contribution in [0.2, 0.25) is 0 Å². The molecule has 0 heterocycles. The smallest absolute Gasteiger partial charge is 0.124 e. The summed E-state index contributed by atoms with van der Waals surface area (Å²) in [6.45, 7) is 2.73. The molecule has 0 bridgehead atoms. The van der Waals surface area contributed by atoms with Crippen LogP contribution in [0, 0.1) is 5.82 Å². The van der Waals surface area contributed by atoms with Gasteiger partial charge in [-0.15, -0.1) is 12.4 Å². The zero-order valence-electron chi connectivity index (χ0n) is 13.4. The number of benzene rings is 2. The Bertz CT molecular complexity index is 581. The van der Waals surface area contributed by atoms with Crippen LogP contribution in [0.5, 0.6) is 5.75 Å². The predicted molar refractivity (Wildman–Crippen MR) is 94.0 cm³/mol. The second kappa shape index (κ2) is 11.8. The van der Waals surface area contributed by atoms with Gasteiger partial charge in [-0.25, -0.2) is 4.39 Å². The molecule has 0 atom stereocenters. The summed E-state index contributed by atoms with van der Waals surface area (Å²) < 4.78 is 23.9. The standard InChI is InChI=1S/C18H22FNO3.ClH/c19-17-7-5-15(6-8-17)14-23-18-4-2-1-3-16(18)13-20-9-11-22-12-10-21;/h1-8,20-21H,9-14H2;1H. The lowest BCUT2D eigenvalue weighted by molar-refractivity contribution is 0.0937. The molecule has 0 aliphatic heterocycles. The number of ether oxygens (including phenoxy) is 2. The van der Waals surface area contributed by atoms with Gasteiger partial charge in [-0.2, -0.15) is 0 Å². The normalized spacial score (nSPS) is 10.2. The molecule has 2 N–H and O–H groups in total. The van der Waals surface area contributed by atoms with E-state index in [9.17, 15) is 4.39 Å². The SMILES string of the molecule is Cl.OCCOCCNCc1ccccc1OCc1ccc(F)cc1. The van der Waals surface area contributed by atoms with Gasteiger partial charge in [0.2, 0.25) is 0 Å². The zero-order valence-corrected chi connectivity index (χ0v) is 14.2. The van der Waals surface area contributed by atoms with Crippen molar-refractivity contribution in [1.82, 2.24) is 5.32 Å². The number of hydrogen-bond donors (Lipinski definition) is 2. The van der Waals surface area contributed by atoms with E-state index in [1.165, 1.54) is 12.1 Å². The minimum Gasteiger partial charge on any atom is -0.489 e. The molecular formula is C18H23ClFNO3. The van der Waals surface area contributed by atoms with Gasteiger partial charge in [0.25, 0.3) is 0 Å². The van der Waals surface area contributed by atoms with Gasteiger partial charge in [-0.1, -0.05) is 30.3 Å². The van der Waals surface area contributed by atoms with Crippen LogP contribution >= 0.6 is 12.4 Å². The number of rotatable bonds is 10. The summed E-state index contributed by atoms with van der Waals surface area (Å²) in [5.74, 6) is 0.558. The fourth-order valence-electron chi connectivity index (χ4n) is 2.07. The summed E-state index contributed by atoms with van der Waals surface area (Å²) in [6, 6.07) is 14.1. The summed E-state index contributed by atoms with van der Waals surface area (Å²) >= 11 is 0. The molecule has 0 radical (unpaired) electrons. The quantitative estimate of drug-likeness (QED) is 0.643. The molecule has 0 aliphatic rings. The van der Waals surface area contributed by atoms with Gasteiger partial charge >= 0.3 is 0 Å². The Labute approximate surface area is 148 Å². The highest BCUT2D eigenvalue weighted by Crippen LogP contribution is 2.19. The molecule has 0 aromatic heterocycles. The van der Waals surface area contributed by atoms with E-state index in [0.717, 1.165) is 16.9 Å². The van der Waals surface area contributed by atoms with Crippen LogP contribution < -0.4 is 10.1 Å². The Hall–Kier alpha value is -1.66. The van der Waals surface area contributed by atoms with Gasteiger partial charge < -0.3 is 19.9 Å². The maximum atomic E-state index is 12.9. The van der Waals surface area contributed by atoms with Gasteiger partial charge in [0.05, 0.1) is 19.8 Å². The highest BCUT2D eigenvalue weighted by atomic mass is 35.5. The Morgan fingerprint density at radius 1 is 1.00 bits per heavy atom. The van der Waals surface area contributed by atoms with Crippen molar-refractivity contribution >= 4 is 12.4 Å². The summed E-state index contributed by atoms with van der Waals surface area (Å²) in [4.78, 5) is 0. The molecule has 0 amide bonds. The first-order chi connectivity index (χ1) is 11.3. The van der Waals surface area contributed by atoms with Gasteiger partial charge in [0.15, 0.2) is 0 Å². The van der Waals surface area contributed by atoms with Gasteiger partial charge in [0, 0.05) is 18.7 Å². The minimum absolute atomic E-state index is 0. The van der Waals surface area contributed by atoms with E-state index in [-0.39, 0.29) is 24.8 Å². The first-order valence-corrected chi connectivity index (χ1v) is 7.64. The van der Waals surface area contributed by atoms with Crippen LogP contribution in [-0.4, -0.2) is 31.5 Å². The Balaban J connectivity index is 0.00000288. The summed E-state index contributed by atoms with van der Waals surface area (Å²) in [6.07, 6.45) is 0. The highest BCUT2D eigenvalue weighted by Gasteiger charge is 2.03. The largest absolute Gasteiger partial charge is 0.489 e. The van der Waals surface area contributed by atoms with Crippen molar-refractivity contribution in [3.63, 3.8) is 0 Å². The van der Waals surface area contributed by atoms with Crippen LogP contribution in [0.15, 0.2) is 48.5 Å². The first-order valence-electron chi connectivity index (χ1n) is 7.64. The maximum Gasteiger partial charge on any atom is 0.124 e. The molecule has 4 nitrogen and oxygen atoms in total.